The molecule has 0 unspecified atom stereocenters. The molecule has 1 aromatic heterocycles. The van der Waals surface area contributed by atoms with Crippen LogP contribution in [-0.4, -0.2) is 29.3 Å². The third-order valence-corrected chi connectivity index (χ3v) is 4.69. The summed E-state index contributed by atoms with van der Waals surface area (Å²) in [5.41, 5.74) is 2.02. The topological polar surface area (TPSA) is 83.7 Å². The largest absolute Gasteiger partial charge is 0.454 e. The Labute approximate surface area is 168 Å². The van der Waals surface area contributed by atoms with Crippen molar-refractivity contribution < 1.29 is 14.3 Å². The number of ether oxygens (including phenoxy) is 2. The van der Waals surface area contributed by atoms with Crippen molar-refractivity contribution in [2.45, 2.75) is 20.4 Å². The van der Waals surface area contributed by atoms with Gasteiger partial charge < -0.3 is 24.7 Å². The van der Waals surface area contributed by atoms with Gasteiger partial charge in [0, 0.05) is 41.8 Å². The monoisotopic (exact) mass is 393 g/mol. The minimum atomic E-state index is -0.234. The maximum atomic E-state index is 13.0. The number of benzene rings is 2. The predicted molar refractivity (Wildman–Crippen MR) is 111 cm³/mol. The van der Waals surface area contributed by atoms with Gasteiger partial charge in [0.05, 0.1) is 0 Å². The number of nitrogens with zero attached hydrogens (tertiary/aromatic N) is 1. The fourth-order valence-electron chi connectivity index (χ4n) is 3.45. The van der Waals surface area contributed by atoms with Gasteiger partial charge in [0.1, 0.15) is 0 Å². The molecule has 2 N–H and O–H groups in total. The maximum Gasteiger partial charge on any atom is 0.322 e. The fourth-order valence-corrected chi connectivity index (χ4v) is 3.45. The summed E-state index contributed by atoms with van der Waals surface area (Å²) >= 11 is 0. The first kappa shape index (κ1) is 18.9. The number of carbonyl (C=O) groups excluding carboxylic acids is 1. The van der Waals surface area contributed by atoms with Crippen molar-refractivity contribution in [2.75, 3.05) is 18.7 Å². The minimum Gasteiger partial charge on any atom is -0.454 e. The van der Waals surface area contributed by atoms with Crippen LogP contribution in [0.15, 0.2) is 53.3 Å². The smallest absolute Gasteiger partial charge is 0.322 e. The Hall–Kier alpha value is -3.48. The molecule has 150 valence electrons. The van der Waals surface area contributed by atoms with Gasteiger partial charge in [0.2, 0.25) is 12.4 Å². The molecule has 0 spiro atoms. The standard InChI is InChI=1S/C22H23N3O4/c1-14(2)11-25(12-15-9-21(26)24-18-6-4-3-5-17(15)18)22(27)23-16-7-8-19-20(10-16)29-13-28-19/h3-10,14H,11-13H2,1-2H3,(H,23,27)(H,24,26). The summed E-state index contributed by atoms with van der Waals surface area (Å²) in [7, 11) is 0. The van der Waals surface area contributed by atoms with E-state index in [0.717, 1.165) is 16.5 Å². The number of nitrogens with one attached hydrogen (secondary N) is 2. The van der Waals surface area contributed by atoms with E-state index in [1.165, 1.54) is 0 Å². The molecule has 7 heteroatoms. The number of aromatic amines is 1. The van der Waals surface area contributed by atoms with Crippen LogP contribution in [-0.2, 0) is 6.54 Å². The van der Waals surface area contributed by atoms with E-state index in [1.807, 2.05) is 24.3 Å². The molecule has 0 saturated carbocycles. The summed E-state index contributed by atoms with van der Waals surface area (Å²) in [5, 5.41) is 3.85. The van der Waals surface area contributed by atoms with Crippen molar-refractivity contribution in [3.05, 3.63) is 64.4 Å². The molecule has 2 aromatic carbocycles. The van der Waals surface area contributed by atoms with E-state index < -0.39 is 0 Å². The van der Waals surface area contributed by atoms with Crippen LogP contribution in [0.25, 0.3) is 10.9 Å². The van der Waals surface area contributed by atoms with Gasteiger partial charge in [-0.2, -0.15) is 0 Å². The number of carbonyl (C=O) groups is 1. The molecule has 29 heavy (non-hydrogen) atoms. The van der Waals surface area contributed by atoms with Gasteiger partial charge >= 0.3 is 6.03 Å². The third-order valence-electron chi connectivity index (χ3n) is 4.69. The van der Waals surface area contributed by atoms with E-state index >= 15 is 0 Å². The van der Waals surface area contributed by atoms with Crippen molar-refractivity contribution in [1.82, 2.24) is 9.88 Å². The van der Waals surface area contributed by atoms with Crippen LogP contribution in [0, 0.1) is 5.92 Å². The zero-order valence-electron chi connectivity index (χ0n) is 16.4. The van der Waals surface area contributed by atoms with Crippen molar-refractivity contribution >= 4 is 22.6 Å². The molecule has 0 fully saturated rings. The molecule has 1 aliphatic rings. The second-order valence-corrected chi connectivity index (χ2v) is 7.48. The Kier molecular flexibility index (Phi) is 5.12. The molecule has 7 nitrogen and oxygen atoms in total. The number of hydrogen-bond donors (Lipinski definition) is 2. The zero-order chi connectivity index (χ0) is 20.4. The maximum absolute atomic E-state index is 13.0. The quantitative estimate of drug-likeness (QED) is 0.688. The number of amides is 2. The van der Waals surface area contributed by atoms with Crippen LogP contribution in [0.2, 0.25) is 0 Å². The van der Waals surface area contributed by atoms with Crippen molar-refractivity contribution in [1.29, 1.82) is 0 Å². The molecule has 2 heterocycles. The van der Waals surface area contributed by atoms with E-state index in [1.54, 1.807) is 29.2 Å². The SMILES string of the molecule is CC(C)CN(Cc1cc(=O)[nH]c2ccccc12)C(=O)Nc1ccc2c(c1)OCO2. The molecule has 1 aliphatic heterocycles. The summed E-state index contributed by atoms with van der Waals surface area (Å²) in [4.78, 5) is 29.7. The number of urea groups is 1. The van der Waals surface area contributed by atoms with Crippen molar-refractivity contribution in [2.24, 2.45) is 5.92 Å². The van der Waals surface area contributed by atoms with Gasteiger partial charge in [-0.3, -0.25) is 4.79 Å². The number of rotatable bonds is 5. The summed E-state index contributed by atoms with van der Waals surface area (Å²) in [6.45, 7) is 5.17. The number of para-hydroxylation sites is 1. The van der Waals surface area contributed by atoms with Crippen LogP contribution in [0.4, 0.5) is 10.5 Å². The average Bonchev–Trinajstić information content (AvgIpc) is 3.14. The van der Waals surface area contributed by atoms with E-state index in [-0.39, 0.29) is 24.3 Å². The van der Waals surface area contributed by atoms with Crippen LogP contribution >= 0.6 is 0 Å². The summed E-state index contributed by atoms with van der Waals surface area (Å²) < 4.78 is 10.7. The lowest BCUT2D eigenvalue weighted by atomic mass is 10.1. The highest BCUT2D eigenvalue weighted by atomic mass is 16.7. The van der Waals surface area contributed by atoms with E-state index in [4.69, 9.17) is 9.47 Å². The Morgan fingerprint density at radius 3 is 2.76 bits per heavy atom. The summed E-state index contributed by atoms with van der Waals surface area (Å²) in [5.74, 6) is 1.54. The van der Waals surface area contributed by atoms with Gasteiger partial charge in [-0.05, 0) is 29.7 Å². The second-order valence-electron chi connectivity index (χ2n) is 7.48. The lowest BCUT2D eigenvalue weighted by Gasteiger charge is -2.25. The zero-order valence-corrected chi connectivity index (χ0v) is 16.4. The fraction of sp³-hybridized carbons (Fsp3) is 0.273. The first-order valence-corrected chi connectivity index (χ1v) is 9.56. The molecule has 3 aromatic rings. The molecule has 0 radical (unpaired) electrons. The Morgan fingerprint density at radius 1 is 1.14 bits per heavy atom. The molecule has 0 atom stereocenters. The molecule has 0 bridgehead atoms. The number of fused-ring (bicyclic) bond motifs is 2. The van der Waals surface area contributed by atoms with Crippen LogP contribution in [0.3, 0.4) is 0 Å². The summed E-state index contributed by atoms with van der Waals surface area (Å²) in [6.07, 6.45) is 0. The van der Waals surface area contributed by atoms with Crippen molar-refractivity contribution in [3.8, 4) is 11.5 Å². The number of aromatic nitrogens is 1. The van der Waals surface area contributed by atoms with E-state index in [9.17, 15) is 9.59 Å². The van der Waals surface area contributed by atoms with Crippen LogP contribution < -0.4 is 20.3 Å². The number of H-pyrrole nitrogens is 1. The van der Waals surface area contributed by atoms with Gasteiger partial charge in [-0.1, -0.05) is 32.0 Å². The Morgan fingerprint density at radius 2 is 1.93 bits per heavy atom. The highest BCUT2D eigenvalue weighted by molar-refractivity contribution is 5.90. The lowest BCUT2D eigenvalue weighted by molar-refractivity contribution is 0.174. The number of pyridine rings is 1. The highest BCUT2D eigenvalue weighted by Crippen LogP contribution is 2.34. The van der Waals surface area contributed by atoms with Gasteiger partial charge in [0.25, 0.3) is 0 Å². The van der Waals surface area contributed by atoms with E-state index in [2.05, 4.69) is 24.1 Å². The third kappa shape index (κ3) is 4.18. The molecular formula is C22H23N3O4. The van der Waals surface area contributed by atoms with Gasteiger partial charge in [-0.25, -0.2) is 4.79 Å². The van der Waals surface area contributed by atoms with Gasteiger partial charge in [0.15, 0.2) is 11.5 Å². The van der Waals surface area contributed by atoms with Gasteiger partial charge in [-0.15, -0.1) is 0 Å². The van der Waals surface area contributed by atoms with Crippen LogP contribution in [0.5, 0.6) is 11.5 Å². The Balaban J connectivity index is 1.59. The number of hydrogen-bond acceptors (Lipinski definition) is 4. The first-order chi connectivity index (χ1) is 14.0. The van der Waals surface area contributed by atoms with E-state index in [0.29, 0.717) is 30.3 Å². The predicted octanol–water partition coefficient (Wildman–Crippen LogP) is 3.95. The minimum absolute atomic E-state index is 0.181. The molecule has 0 aliphatic carbocycles. The normalized spacial score (nSPS) is 12.4. The molecule has 4 rings (SSSR count). The molecule has 2 amide bonds. The van der Waals surface area contributed by atoms with Crippen molar-refractivity contribution in [3.63, 3.8) is 0 Å². The average molecular weight is 393 g/mol. The Bertz CT molecular complexity index is 1110. The lowest BCUT2D eigenvalue weighted by Crippen LogP contribution is -2.37. The second kappa shape index (κ2) is 7.87. The summed E-state index contributed by atoms with van der Waals surface area (Å²) in [6, 6.07) is 14.2. The first-order valence-electron chi connectivity index (χ1n) is 9.56. The highest BCUT2D eigenvalue weighted by Gasteiger charge is 2.19. The molecule has 0 saturated heterocycles. The van der Waals surface area contributed by atoms with Crippen LogP contribution in [0.1, 0.15) is 19.4 Å². The number of anilines is 1. The molecular weight excluding hydrogens is 370 g/mol.